The van der Waals surface area contributed by atoms with Crippen LogP contribution in [0, 0.1) is 18.6 Å². The third-order valence-corrected chi connectivity index (χ3v) is 5.04. The molecule has 1 atom stereocenters. The number of aryl methyl sites for hydroxylation is 1. The summed E-state index contributed by atoms with van der Waals surface area (Å²) in [6.07, 6.45) is 2.99. The minimum Gasteiger partial charge on any atom is -0.343 e. The smallest absolute Gasteiger partial charge is 0.223 e. The van der Waals surface area contributed by atoms with Crippen LogP contribution in [0.15, 0.2) is 35.6 Å². The number of anilines is 1. The Balaban J connectivity index is 2.09. The number of hydrogen-bond acceptors (Lipinski definition) is 6. The zero-order chi connectivity index (χ0) is 19.8. The molecule has 0 radical (unpaired) electrons. The molecule has 0 fully saturated rings. The molecule has 0 unspecified atom stereocenters. The maximum absolute atomic E-state index is 13.5. The van der Waals surface area contributed by atoms with Gasteiger partial charge < -0.3 is 10.3 Å². The molecule has 0 aliphatic carbocycles. The minimum atomic E-state index is -3.56. The van der Waals surface area contributed by atoms with Crippen LogP contribution >= 0.6 is 11.6 Å². The van der Waals surface area contributed by atoms with E-state index >= 15 is 0 Å². The summed E-state index contributed by atoms with van der Waals surface area (Å²) in [5, 5.41) is 2.69. The number of H-pyrrole nitrogens is 1. The highest BCUT2D eigenvalue weighted by molar-refractivity contribution is 7.90. The number of aromatic nitrogens is 4. The quantitative estimate of drug-likeness (QED) is 0.666. The van der Waals surface area contributed by atoms with Gasteiger partial charge in [-0.05, 0) is 24.6 Å². The van der Waals surface area contributed by atoms with E-state index in [9.17, 15) is 17.2 Å². The minimum absolute atomic E-state index is 0.0665. The van der Waals surface area contributed by atoms with Crippen molar-refractivity contribution in [1.82, 2.24) is 19.9 Å². The fraction of sp³-hybridized carbons (Fsp3) is 0.188. The second-order valence-corrected chi connectivity index (χ2v) is 8.14. The lowest BCUT2D eigenvalue weighted by molar-refractivity contribution is 0.597. The summed E-state index contributed by atoms with van der Waals surface area (Å²) in [5.41, 5.74) is 0.815. The summed E-state index contributed by atoms with van der Waals surface area (Å²) in [7, 11) is -3.56. The summed E-state index contributed by atoms with van der Waals surface area (Å²) >= 11 is 5.87. The Morgan fingerprint density at radius 1 is 1.22 bits per heavy atom. The molecular weight excluding hydrogens is 400 g/mol. The highest BCUT2D eigenvalue weighted by Crippen LogP contribution is 2.28. The zero-order valence-electron chi connectivity index (χ0n) is 14.2. The van der Waals surface area contributed by atoms with Gasteiger partial charge in [0.15, 0.2) is 20.7 Å². The van der Waals surface area contributed by atoms with Crippen molar-refractivity contribution in [1.29, 1.82) is 0 Å². The third kappa shape index (κ3) is 4.22. The lowest BCUT2D eigenvalue weighted by Gasteiger charge is -2.17. The van der Waals surface area contributed by atoms with Gasteiger partial charge in [-0.2, -0.15) is 0 Å². The molecular formula is C16H14ClF2N5O2S. The van der Waals surface area contributed by atoms with E-state index in [0.717, 1.165) is 18.6 Å². The lowest BCUT2D eigenvalue weighted by atomic mass is 10.1. The number of nitrogens with one attached hydrogen (secondary N) is 2. The van der Waals surface area contributed by atoms with Gasteiger partial charge in [-0.3, -0.25) is 0 Å². The average molecular weight is 414 g/mol. The molecule has 0 amide bonds. The largest absolute Gasteiger partial charge is 0.343 e. The Hall–Kier alpha value is -2.59. The van der Waals surface area contributed by atoms with E-state index in [0.29, 0.717) is 11.3 Å². The van der Waals surface area contributed by atoms with Gasteiger partial charge in [-0.1, -0.05) is 17.7 Å². The van der Waals surface area contributed by atoms with E-state index in [1.807, 2.05) is 0 Å². The molecule has 0 spiro atoms. The first-order chi connectivity index (χ1) is 12.6. The van der Waals surface area contributed by atoms with Crippen molar-refractivity contribution in [2.75, 3.05) is 11.6 Å². The molecule has 142 valence electrons. The Labute approximate surface area is 158 Å². The first-order valence-corrected chi connectivity index (χ1v) is 9.87. The van der Waals surface area contributed by atoms with Crippen LogP contribution in [0.1, 0.15) is 23.1 Å². The van der Waals surface area contributed by atoms with Gasteiger partial charge in [0.2, 0.25) is 5.95 Å². The van der Waals surface area contributed by atoms with Crippen LogP contribution < -0.4 is 5.32 Å². The predicted octanol–water partition coefficient (Wildman–Crippen LogP) is 3.04. The van der Waals surface area contributed by atoms with Crippen LogP contribution in [0.5, 0.6) is 0 Å². The van der Waals surface area contributed by atoms with E-state index in [4.69, 9.17) is 11.6 Å². The number of aromatic amines is 1. The third-order valence-electron chi connectivity index (χ3n) is 3.65. The Morgan fingerprint density at radius 3 is 2.44 bits per heavy atom. The highest BCUT2D eigenvalue weighted by Gasteiger charge is 2.24. The Kier molecular flexibility index (Phi) is 5.11. The number of halogens is 3. The first kappa shape index (κ1) is 19.2. The fourth-order valence-electron chi connectivity index (χ4n) is 2.48. The number of hydrogen-bond donors (Lipinski definition) is 2. The maximum Gasteiger partial charge on any atom is 0.223 e. The molecule has 2 heterocycles. The summed E-state index contributed by atoms with van der Waals surface area (Å²) in [5.74, 6) is -0.930. The van der Waals surface area contributed by atoms with Gasteiger partial charge in [0, 0.05) is 6.26 Å². The zero-order valence-corrected chi connectivity index (χ0v) is 15.7. The fourth-order valence-corrected chi connectivity index (χ4v) is 3.54. The van der Waals surface area contributed by atoms with Crippen LogP contribution in [0.2, 0.25) is 5.02 Å². The van der Waals surface area contributed by atoms with Crippen molar-refractivity contribution in [2.24, 2.45) is 0 Å². The van der Waals surface area contributed by atoms with E-state index in [2.05, 4.69) is 25.3 Å². The van der Waals surface area contributed by atoms with Crippen molar-refractivity contribution in [3.05, 3.63) is 64.3 Å². The summed E-state index contributed by atoms with van der Waals surface area (Å²) < 4.78 is 50.4. The molecule has 7 nitrogen and oxygen atoms in total. The second-order valence-electron chi connectivity index (χ2n) is 5.80. The predicted molar refractivity (Wildman–Crippen MR) is 95.3 cm³/mol. The van der Waals surface area contributed by atoms with Gasteiger partial charge >= 0.3 is 0 Å². The average Bonchev–Trinajstić information content (AvgIpc) is 2.99. The summed E-state index contributed by atoms with van der Waals surface area (Å²) in [4.78, 5) is 14.7. The van der Waals surface area contributed by atoms with Gasteiger partial charge in [0.25, 0.3) is 0 Å². The highest BCUT2D eigenvalue weighted by atomic mass is 35.5. The molecule has 0 aliphatic heterocycles. The van der Waals surface area contributed by atoms with Crippen molar-refractivity contribution in [3.8, 4) is 0 Å². The van der Waals surface area contributed by atoms with E-state index in [-0.39, 0.29) is 21.8 Å². The van der Waals surface area contributed by atoms with E-state index < -0.39 is 27.5 Å². The topological polar surface area (TPSA) is 101 Å². The number of sulfone groups is 1. The van der Waals surface area contributed by atoms with Crippen molar-refractivity contribution < 1.29 is 17.2 Å². The number of rotatable bonds is 5. The molecule has 3 aromatic rings. The monoisotopic (exact) mass is 413 g/mol. The van der Waals surface area contributed by atoms with Crippen LogP contribution in [0.3, 0.4) is 0 Å². The molecule has 2 N–H and O–H groups in total. The van der Waals surface area contributed by atoms with Crippen molar-refractivity contribution >= 4 is 27.4 Å². The van der Waals surface area contributed by atoms with Crippen LogP contribution in [-0.2, 0) is 9.84 Å². The number of benzene rings is 1. The van der Waals surface area contributed by atoms with Crippen molar-refractivity contribution in [2.45, 2.75) is 18.0 Å². The van der Waals surface area contributed by atoms with Gasteiger partial charge in [-0.15, -0.1) is 0 Å². The maximum atomic E-state index is 13.5. The van der Waals surface area contributed by atoms with Gasteiger partial charge in [0.1, 0.15) is 17.7 Å². The normalized spacial score (nSPS) is 12.8. The molecule has 27 heavy (non-hydrogen) atoms. The van der Waals surface area contributed by atoms with Crippen LogP contribution in [0.4, 0.5) is 14.7 Å². The molecule has 2 aromatic heterocycles. The molecule has 0 bridgehead atoms. The lowest BCUT2D eigenvalue weighted by Crippen LogP contribution is -2.16. The second kappa shape index (κ2) is 7.20. The molecule has 0 saturated heterocycles. The first-order valence-electron chi connectivity index (χ1n) is 7.60. The summed E-state index contributed by atoms with van der Waals surface area (Å²) in [6, 6.07) is 3.21. The van der Waals surface area contributed by atoms with Gasteiger partial charge in [0.05, 0.1) is 23.1 Å². The molecule has 3 rings (SSSR count). The van der Waals surface area contributed by atoms with E-state index in [1.54, 1.807) is 6.92 Å². The standard InChI is InChI=1S/C16H14ClF2N5O2S/c1-8-15(27(2,25)26)24-14(22-8)13(9-3-4-12(19)11(17)5-9)23-16-20-6-10(18)7-21-16/h3-7,13H,1-2H3,(H,22,24)(H,20,21,23)/t13-/m0/s1. The molecule has 0 aliphatic rings. The van der Waals surface area contributed by atoms with E-state index in [1.165, 1.54) is 18.2 Å². The molecule has 11 heteroatoms. The Morgan fingerprint density at radius 2 is 1.89 bits per heavy atom. The SMILES string of the molecule is Cc1[nH]c([C@@H](Nc2ncc(F)cn2)c2ccc(F)c(Cl)c2)nc1S(C)(=O)=O. The molecule has 1 aromatic carbocycles. The van der Waals surface area contributed by atoms with Crippen LogP contribution in [-0.4, -0.2) is 34.6 Å². The number of nitrogens with zero attached hydrogens (tertiary/aromatic N) is 3. The number of imidazole rings is 1. The summed E-state index contributed by atoms with van der Waals surface area (Å²) in [6.45, 7) is 1.57. The Bertz CT molecular complexity index is 1090. The molecule has 0 saturated carbocycles. The van der Waals surface area contributed by atoms with Crippen LogP contribution in [0.25, 0.3) is 0 Å². The van der Waals surface area contributed by atoms with Gasteiger partial charge in [-0.25, -0.2) is 32.2 Å². The van der Waals surface area contributed by atoms with Crippen molar-refractivity contribution in [3.63, 3.8) is 0 Å².